The zero-order chi connectivity index (χ0) is 18.9. The van der Waals surface area contributed by atoms with Crippen molar-refractivity contribution in [2.75, 3.05) is 5.32 Å². The Balaban J connectivity index is 1.64. The van der Waals surface area contributed by atoms with Gasteiger partial charge in [-0.25, -0.2) is 15.0 Å². The molecule has 0 aliphatic carbocycles. The topological polar surface area (TPSA) is 63.6 Å². The molecule has 0 spiro atoms. The van der Waals surface area contributed by atoms with Crippen LogP contribution in [0, 0.1) is 6.92 Å². The summed E-state index contributed by atoms with van der Waals surface area (Å²) in [6, 6.07) is 23.9. The first-order valence-corrected chi connectivity index (χ1v) is 9.09. The van der Waals surface area contributed by atoms with E-state index in [0.29, 0.717) is 5.82 Å². The lowest BCUT2D eigenvalue weighted by Gasteiger charge is -2.11. The predicted octanol–water partition coefficient (Wildman–Crippen LogP) is 5.29. The van der Waals surface area contributed by atoms with Gasteiger partial charge in [0, 0.05) is 28.4 Å². The van der Waals surface area contributed by atoms with Crippen LogP contribution in [0.3, 0.4) is 0 Å². The number of aryl methyl sites for hydroxylation is 1. The maximum atomic E-state index is 4.79. The maximum absolute atomic E-state index is 4.79. The molecule has 28 heavy (non-hydrogen) atoms. The first-order valence-electron chi connectivity index (χ1n) is 9.09. The molecule has 0 saturated heterocycles. The van der Waals surface area contributed by atoms with Crippen LogP contribution in [-0.4, -0.2) is 19.9 Å². The number of aromatic nitrogens is 4. The van der Waals surface area contributed by atoms with Gasteiger partial charge in [-0.1, -0.05) is 24.3 Å². The zero-order valence-electron chi connectivity index (χ0n) is 15.3. The smallest absolute Gasteiger partial charge is 0.180 e. The number of hydrogen-bond donors (Lipinski definition) is 1. The second-order valence-electron chi connectivity index (χ2n) is 6.61. The van der Waals surface area contributed by atoms with Crippen LogP contribution < -0.4 is 5.32 Å². The number of nitrogens with one attached hydrogen (secondary N) is 1. The molecule has 3 aromatic heterocycles. The molecule has 5 aromatic rings. The Kier molecular flexibility index (Phi) is 3.91. The Labute approximate surface area is 162 Å². The van der Waals surface area contributed by atoms with Crippen molar-refractivity contribution in [3.63, 3.8) is 0 Å². The molecule has 0 unspecified atom stereocenters. The summed E-state index contributed by atoms with van der Waals surface area (Å²) in [6.07, 6.45) is 1.80. The highest BCUT2D eigenvalue weighted by molar-refractivity contribution is 5.93. The molecular weight excluding hydrogens is 346 g/mol. The molecule has 3 heterocycles. The van der Waals surface area contributed by atoms with Gasteiger partial charge < -0.3 is 5.32 Å². The second-order valence-corrected chi connectivity index (χ2v) is 6.61. The minimum atomic E-state index is 0.604. The number of hydrogen-bond acceptors (Lipinski definition) is 5. The van der Waals surface area contributed by atoms with Crippen LogP contribution in [0.2, 0.25) is 0 Å². The van der Waals surface area contributed by atoms with Gasteiger partial charge in [-0.2, -0.15) is 0 Å². The van der Waals surface area contributed by atoms with Crippen LogP contribution >= 0.6 is 0 Å². The van der Waals surface area contributed by atoms with E-state index in [1.165, 1.54) is 0 Å². The number of para-hydroxylation sites is 1. The predicted molar refractivity (Wildman–Crippen MR) is 113 cm³/mol. The molecule has 0 amide bonds. The molecule has 0 bridgehead atoms. The molecule has 0 atom stereocenters. The van der Waals surface area contributed by atoms with E-state index in [9.17, 15) is 0 Å². The van der Waals surface area contributed by atoms with Gasteiger partial charge in [0.25, 0.3) is 0 Å². The lowest BCUT2D eigenvalue weighted by Crippen LogP contribution is -2.00. The van der Waals surface area contributed by atoms with Gasteiger partial charge >= 0.3 is 0 Å². The Hall–Kier alpha value is -3.86. The van der Waals surface area contributed by atoms with Gasteiger partial charge in [-0.15, -0.1) is 0 Å². The Morgan fingerprint density at radius 3 is 2.61 bits per heavy atom. The highest BCUT2D eigenvalue weighted by atomic mass is 15.0. The fourth-order valence-corrected chi connectivity index (χ4v) is 3.24. The van der Waals surface area contributed by atoms with E-state index in [1.54, 1.807) is 6.20 Å². The summed E-state index contributed by atoms with van der Waals surface area (Å²) < 4.78 is 0. The largest absolute Gasteiger partial charge is 0.340 e. The highest BCUT2D eigenvalue weighted by Gasteiger charge is 2.11. The molecule has 134 valence electrons. The lowest BCUT2D eigenvalue weighted by atomic mass is 10.2. The van der Waals surface area contributed by atoms with E-state index in [0.717, 1.165) is 44.7 Å². The van der Waals surface area contributed by atoms with Crippen LogP contribution in [-0.2, 0) is 0 Å². The number of pyridine rings is 2. The molecule has 0 aliphatic rings. The summed E-state index contributed by atoms with van der Waals surface area (Å²) in [5.74, 6) is 1.36. The molecule has 5 nitrogen and oxygen atoms in total. The molecule has 2 aromatic carbocycles. The van der Waals surface area contributed by atoms with Crippen LogP contribution in [0.5, 0.6) is 0 Å². The van der Waals surface area contributed by atoms with Crippen molar-refractivity contribution < 1.29 is 0 Å². The summed E-state index contributed by atoms with van der Waals surface area (Å²) in [5.41, 5.74) is 4.49. The second kappa shape index (κ2) is 6.70. The third kappa shape index (κ3) is 3.03. The van der Waals surface area contributed by atoms with Crippen molar-refractivity contribution >= 4 is 33.3 Å². The van der Waals surface area contributed by atoms with Crippen molar-refractivity contribution in [1.82, 2.24) is 19.9 Å². The quantitative estimate of drug-likeness (QED) is 0.472. The standard InChI is InChI=1S/C23H17N5/c1-15-6-4-10-21(25-15)23-27-20-9-3-2-8-18(20)22(28-23)26-17-11-12-19-16(14-17)7-5-13-24-19/h2-14H,1H3,(H,26,27,28). The number of anilines is 2. The van der Waals surface area contributed by atoms with E-state index in [-0.39, 0.29) is 0 Å². The maximum Gasteiger partial charge on any atom is 0.180 e. The summed E-state index contributed by atoms with van der Waals surface area (Å²) in [4.78, 5) is 18.5. The van der Waals surface area contributed by atoms with E-state index in [1.807, 2.05) is 73.7 Å². The fourth-order valence-electron chi connectivity index (χ4n) is 3.24. The monoisotopic (exact) mass is 363 g/mol. The molecule has 0 saturated carbocycles. The molecule has 5 rings (SSSR count). The molecule has 0 fully saturated rings. The number of rotatable bonds is 3. The van der Waals surface area contributed by atoms with Crippen LogP contribution in [0.4, 0.5) is 11.5 Å². The minimum absolute atomic E-state index is 0.604. The first-order chi connectivity index (χ1) is 13.8. The van der Waals surface area contributed by atoms with Gasteiger partial charge in [-0.05, 0) is 55.5 Å². The van der Waals surface area contributed by atoms with Gasteiger partial charge in [-0.3, -0.25) is 4.98 Å². The fraction of sp³-hybridized carbons (Fsp3) is 0.0435. The van der Waals surface area contributed by atoms with Crippen molar-refractivity contribution in [2.24, 2.45) is 0 Å². The number of fused-ring (bicyclic) bond motifs is 2. The van der Waals surface area contributed by atoms with E-state index in [2.05, 4.69) is 21.4 Å². The minimum Gasteiger partial charge on any atom is -0.340 e. The van der Waals surface area contributed by atoms with Gasteiger partial charge in [0.15, 0.2) is 5.82 Å². The van der Waals surface area contributed by atoms with Gasteiger partial charge in [0.1, 0.15) is 11.5 Å². The average molecular weight is 363 g/mol. The lowest BCUT2D eigenvalue weighted by molar-refractivity contribution is 1.14. The third-order valence-corrected chi connectivity index (χ3v) is 4.59. The van der Waals surface area contributed by atoms with Gasteiger partial charge in [0.2, 0.25) is 0 Å². The SMILES string of the molecule is Cc1cccc(-c2nc(Nc3ccc4ncccc4c3)c3ccccc3n2)n1. The van der Waals surface area contributed by atoms with Crippen molar-refractivity contribution in [3.8, 4) is 11.5 Å². The zero-order valence-corrected chi connectivity index (χ0v) is 15.3. The first kappa shape index (κ1) is 16.3. The average Bonchev–Trinajstić information content (AvgIpc) is 2.73. The van der Waals surface area contributed by atoms with E-state index >= 15 is 0 Å². The molecule has 0 radical (unpaired) electrons. The summed E-state index contributed by atoms with van der Waals surface area (Å²) >= 11 is 0. The third-order valence-electron chi connectivity index (χ3n) is 4.59. The summed E-state index contributed by atoms with van der Waals surface area (Å²) in [5, 5.41) is 5.50. The Morgan fingerprint density at radius 2 is 1.68 bits per heavy atom. The molecule has 1 N–H and O–H groups in total. The molecule has 0 aliphatic heterocycles. The van der Waals surface area contributed by atoms with Crippen LogP contribution in [0.1, 0.15) is 5.69 Å². The molecule has 5 heteroatoms. The van der Waals surface area contributed by atoms with Gasteiger partial charge in [0.05, 0.1) is 11.0 Å². The Bertz CT molecular complexity index is 1310. The van der Waals surface area contributed by atoms with Crippen LogP contribution in [0.25, 0.3) is 33.3 Å². The van der Waals surface area contributed by atoms with Crippen molar-refractivity contribution in [2.45, 2.75) is 6.92 Å². The van der Waals surface area contributed by atoms with Crippen molar-refractivity contribution in [3.05, 3.63) is 84.7 Å². The van der Waals surface area contributed by atoms with Crippen molar-refractivity contribution in [1.29, 1.82) is 0 Å². The Morgan fingerprint density at radius 1 is 0.750 bits per heavy atom. The summed E-state index contributed by atoms with van der Waals surface area (Å²) in [6.45, 7) is 1.97. The van der Waals surface area contributed by atoms with E-state index < -0.39 is 0 Å². The number of nitrogens with zero attached hydrogens (tertiary/aromatic N) is 4. The molecular formula is C23H17N5. The summed E-state index contributed by atoms with van der Waals surface area (Å²) in [7, 11) is 0. The van der Waals surface area contributed by atoms with Crippen LogP contribution in [0.15, 0.2) is 79.0 Å². The normalized spacial score (nSPS) is 11.0. The van der Waals surface area contributed by atoms with E-state index in [4.69, 9.17) is 9.97 Å². The highest BCUT2D eigenvalue weighted by Crippen LogP contribution is 2.28. The number of benzene rings is 2.